The Labute approximate surface area is 232 Å². The maximum atomic E-state index is 13.5. The highest BCUT2D eigenvalue weighted by Gasteiger charge is 2.36. The van der Waals surface area contributed by atoms with Gasteiger partial charge in [-0.2, -0.15) is 0 Å². The summed E-state index contributed by atoms with van der Waals surface area (Å²) >= 11 is 0. The molecule has 0 fully saturated rings. The van der Waals surface area contributed by atoms with Crippen molar-refractivity contribution >= 4 is 29.9 Å². The van der Waals surface area contributed by atoms with Gasteiger partial charge in [0, 0.05) is 27.6 Å². The minimum absolute atomic E-state index is 0.167. The number of methoxy groups -OCH3 is 1. The highest BCUT2D eigenvalue weighted by molar-refractivity contribution is 5.93. The first-order valence-electron chi connectivity index (χ1n) is 13.1. The maximum Gasteiger partial charge on any atom is 0.246 e. The molecule has 4 unspecified atom stereocenters. The Morgan fingerprint density at radius 3 is 1.97 bits per heavy atom. The molecule has 217 valence electrons. The molecule has 0 aliphatic carbocycles. The molecular weight excluding hydrogens is 502 g/mol. The molecule has 4 atom stereocenters. The van der Waals surface area contributed by atoms with Crippen LogP contribution in [-0.4, -0.2) is 104 Å². The van der Waals surface area contributed by atoms with Gasteiger partial charge in [0.15, 0.2) is 0 Å². The van der Waals surface area contributed by atoms with Gasteiger partial charge in [-0.3, -0.25) is 24.0 Å². The molecule has 0 aromatic heterocycles. The van der Waals surface area contributed by atoms with Gasteiger partial charge in [0.05, 0.1) is 20.2 Å². The number of hydrogen-bond donors (Lipinski definition) is 2. The van der Waals surface area contributed by atoms with Crippen molar-refractivity contribution in [2.24, 2.45) is 17.6 Å². The fourth-order valence-electron chi connectivity index (χ4n) is 4.39. The van der Waals surface area contributed by atoms with Gasteiger partial charge in [0.2, 0.25) is 29.9 Å². The fraction of sp³-hybridized carbons (Fsp3) is 0.607. The summed E-state index contributed by atoms with van der Waals surface area (Å²) in [5.41, 5.74) is 6.29. The molecule has 0 spiro atoms. The lowest BCUT2D eigenvalue weighted by atomic mass is 9.97. The Morgan fingerprint density at radius 2 is 1.51 bits per heavy atom. The molecule has 4 amide bonds. The summed E-state index contributed by atoms with van der Waals surface area (Å²) in [6.07, 6.45) is 2.82. The molecule has 0 heterocycles. The first-order valence-corrected chi connectivity index (χ1v) is 13.1. The van der Waals surface area contributed by atoms with Gasteiger partial charge in [0.1, 0.15) is 23.9 Å². The zero-order valence-electron chi connectivity index (χ0n) is 24.4. The first kappa shape index (κ1) is 33.6. The lowest BCUT2D eigenvalue weighted by molar-refractivity contribution is -0.146. The molecular formula is C28H44N5O6. The Kier molecular flexibility index (Phi) is 13.6. The number of nitrogens with one attached hydrogen (secondary N) is 1. The molecule has 1 aromatic rings. The van der Waals surface area contributed by atoms with E-state index in [1.165, 1.54) is 35.8 Å². The number of nitrogens with zero attached hydrogens (tertiary/aromatic N) is 3. The Hall–Kier alpha value is -3.47. The minimum Gasteiger partial charge on any atom is -0.497 e. The third-order valence-electron chi connectivity index (χ3n) is 7.09. The number of ether oxygens (including phenoxy) is 1. The maximum absolute atomic E-state index is 13.5. The van der Waals surface area contributed by atoms with Crippen LogP contribution in [0, 0.1) is 11.8 Å². The molecule has 1 rings (SSSR count). The number of amides is 4. The molecule has 0 aliphatic heterocycles. The van der Waals surface area contributed by atoms with Gasteiger partial charge in [0.25, 0.3) is 0 Å². The Morgan fingerprint density at radius 1 is 0.949 bits per heavy atom. The summed E-state index contributed by atoms with van der Waals surface area (Å²) in [6, 6.07) is 4.63. The largest absolute Gasteiger partial charge is 0.497 e. The van der Waals surface area contributed by atoms with Gasteiger partial charge < -0.3 is 30.5 Å². The average Bonchev–Trinajstić information content (AvgIpc) is 2.93. The van der Waals surface area contributed by atoms with E-state index in [-0.39, 0.29) is 37.3 Å². The standard InChI is InChI=1S/C28H44N5O6/c1-9-19(4)26(32(6)23(35)15-29)27(37)30-16-24(36)33(7)25(18(2)3)28(38)31(5)21(17-34)14-20-10-12-22(39-8)13-11-20/h10-13,18-19,21,25-26H,9,14-16,29H2,1-8H3,(H,30,37). The van der Waals surface area contributed by atoms with Crippen molar-refractivity contribution in [2.45, 2.75) is 58.7 Å². The van der Waals surface area contributed by atoms with E-state index >= 15 is 0 Å². The summed E-state index contributed by atoms with van der Waals surface area (Å²) in [5, 5.41) is 2.61. The predicted molar refractivity (Wildman–Crippen MR) is 148 cm³/mol. The Bertz CT molecular complexity index is 983. The van der Waals surface area contributed by atoms with E-state index in [1.807, 2.05) is 32.3 Å². The number of carbonyl (C=O) groups is 4. The van der Waals surface area contributed by atoms with Crippen LogP contribution in [0.1, 0.15) is 39.7 Å². The van der Waals surface area contributed by atoms with E-state index in [0.29, 0.717) is 12.2 Å². The summed E-state index contributed by atoms with van der Waals surface area (Å²) in [6.45, 7) is 6.75. The van der Waals surface area contributed by atoms with E-state index in [9.17, 15) is 24.0 Å². The Balaban J connectivity index is 2.98. The molecule has 11 heteroatoms. The second-order valence-corrected chi connectivity index (χ2v) is 10.1. The highest BCUT2D eigenvalue weighted by atomic mass is 16.5. The lowest BCUT2D eigenvalue weighted by Crippen LogP contribution is -2.57. The summed E-state index contributed by atoms with van der Waals surface area (Å²) < 4.78 is 5.16. The second-order valence-electron chi connectivity index (χ2n) is 10.1. The number of carbonyl (C=O) groups excluding carboxylic acids is 5. The molecule has 11 nitrogen and oxygen atoms in total. The zero-order valence-corrected chi connectivity index (χ0v) is 24.4. The van der Waals surface area contributed by atoms with Crippen LogP contribution in [0.5, 0.6) is 5.75 Å². The minimum atomic E-state index is -0.877. The van der Waals surface area contributed by atoms with E-state index in [2.05, 4.69) is 5.32 Å². The molecule has 0 aliphatic rings. The monoisotopic (exact) mass is 546 g/mol. The zero-order chi connectivity index (χ0) is 29.9. The quantitative estimate of drug-likeness (QED) is 0.328. The van der Waals surface area contributed by atoms with Crippen LogP contribution in [-0.2, 0) is 30.4 Å². The van der Waals surface area contributed by atoms with Crippen molar-refractivity contribution in [1.29, 1.82) is 0 Å². The number of likely N-dealkylation sites (N-methyl/N-ethyl adjacent to an activating group) is 3. The first-order chi connectivity index (χ1) is 18.3. The van der Waals surface area contributed by atoms with E-state index < -0.39 is 35.8 Å². The number of benzene rings is 1. The van der Waals surface area contributed by atoms with Crippen molar-refractivity contribution in [3.8, 4) is 5.75 Å². The van der Waals surface area contributed by atoms with Crippen LogP contribution in [0.2, 0.25) is 0 Å². The number of nitrogens with two attached hydrogens (primary N) is 1. The van der Waals surface area contributed by atoms with Crippen molar-refractivity contribution in [3.63, 3.8) is 0 Å². The summed E-state index contributed by atoms with van der Waals surface area (Å²) in [5.74, 6) is -1.53. The molecule has 1 radical (unpaired) electrons. The van der Waals surface area contributed by atoms with Crippen LogP contribution >= 0.6 is 0 Å². The average molecular weight is 547 g/mol. The van der Waals surface area contributed by atoms with Gasteiger partial charge in [-0.05, 0) is 29.5 Å². The third-order valence-corrected chi connectivity index (χ3v) is 7.09. The molecule has 0 saturated carbocycles. The van der Waals surface area contributed by atoms with Gasteiger partial charge in [-0.25, -0.2) is 0 Å². The topological polar surface area (TPSA) is 142 Å². The molecule has 1 aromatic carbocycles. The van der Waals surface area contributed by atoms with Crippen molar-refractivity contribution in [1.82, 2.24) is 20.0 Å². The summed E-state index contributed by atoms with van der Waals surface area (Å²) in [4.78, 5) is 67.4. The molecule has 39 heavy (non-hydrogen) atoms. The fourth-order valence-corrected chi connectivity index (χ4v) is 4.39. The molecule has 3 N–H and O–H groups in total. The van der Waals surface area contributed by atoms with Gasteiger partial charge in [-0.15, -0.1) is 0 Å². The number of hydrogen-bond acceptors (Lipinski definition) is 7. The van der Waals surface area contributed by atoms with Gasteiger partial charge >= 0.3 is 0 Å². The van der Waals surface area contributed by atoms with Crippen molar-refractivity contribution < 1.29 is 28.7 Å². The van der Waals surface area contributed by atoms with Crippen LogP contribution in [0.4, 0.5) is 0 Å². The van der Waals surface area contributed by atoms with Crippen molar-refractivity contribution in [2.75, 3.05) is 41.3 Å². The SMILES string of the molecule is CCC(C)C(C(=O)NCC(=O)N(C)C(C(=O)N(C)C([C]=O)Cc1ccc(OC)cc1)C(C)C)N(C)C(=O)CN. The lowest BCUT2D eigenvalue weighted by Gasteiger charge is -2.35. The van der Waals surface area contributed by atoms with Crippen LogP contribution in [0.3, 0.4) is 0 Å². The van der Waals surface area contributed by atoms with Crippen LogP contribution in [0.15, 0.2) is 24.3 Å². The van der Waals surface area contributed by atoms with E-state index in [0.717, 1.165) is 5.56 Å². The molecule has 0 bridgehead atoms. The predicted octanol–water partition coefficient (Wildman–Crippen LogP) is 0.605. The third kappa shape index (κ3) is 9.05. The smallest absolute Gasteiger partial charge is 0.246 e. The highest BCUT2D eigenvalue weighted by Crippen LogP contribution is 2.18. The van der Waals surface area contributed by atoms with Crippen molar-refractivity contribution in [3.05, 3.63) is 29.8 Å². The normalized spacial score (nSPS) is 14.0. The number of rotatable bonds is 15. The van der Waals surface area contributed by atoms with Gasteiger partial charge in [-0.1, -0.05) is 46.2 Å². The summed E-state index contributed by atoms with van der Waals surface area (Å²) in [7, 11) is 6.07. The van der Waals surface area contributed by atoms with Crippen LogP contribution in [0.25, 0.3) is 0 Å². The molecule has 0 saturated heterocycles. The van der Waals surface area contributed by atoms with E-state index in [1.54, 1.807) is 33.1 Å². The van der Waals surface area contributed by atoms with Crippen LogP contribution < -0.4 is 15.8 Å². The van der Waals surface area contributed by atoms with E-state index in [4.69, 9.17) is 10.5 Å². The second kappa shape index (κ2) is 15.8.